The van der Waals surface area contributed by atoms with E-state index in [0.717, 1.165) is 64.2 Å². The van der Waals surface area contributed by atoms with Gasteiger partial charge in [0.15, 0.2) is 0 Å². The van der Waals surface area contributed by atoms with E-state index in [1.165, 1.54) is 5.56 Å². The van der Waals surface area contributed by atoms with Gasteiger partial charge in [-0.1, -0.05) is 40.2 Å². The van der Waals surface area contributed by atoms with Crippen LogP contribution in [-0.4, -0.2) is 33.4 Å². The zero-order valence-electron chi connectivity index (χ0n) is 19.6. The van der Waals surface area contributed by atoms with Crippen molar-refractivity contribution in [3.8, 4) is 5.69 Å². The van der Waals surface area contributed by atoms with Crippen molar-refractivity contribution in [3.05, 3.63) is 88.2 Å². The molecule has 5 rings (SSSR count). The summed E-state index contributed by atoms with van der Waals surface area (Å²) in [7, 11) is 0. The molecule has 4 aromatic rings. The number of hydrogen-bond donors (Lipinski definition) is 1. The number of aryl methyl sites for hydroxylation is 1. The number of piperidine rings is 1. The number of nitrogens with zero attached hydrogens (tertiary/aromatic N) is 3. The predicted octanol–water partition coefficient (Wildman–Crippen LogP) is 6.26. The van der Waals surface area contributed by atoms with E-state index in [0.29, 0.717) is 6.54 Å². The number of carbonyl (C=O) groups is 1. The number of carbonyl (C=O) groups excluding carboxylic acids is 1. The topological polar surface area (TPSA) is 50.2 Å². The first-order chi connectivity index (χ1) is 16.5. The number of imidazole rings is 1. The number of hydrogen-bond acceptors (Lipinski definition) is 3. The first-order valence-corrected chi connectivity index (χ1v) is 12.6. The molecule has 1 N–H and O–H groups in total. The van der Waals surface area contributed by atoms with Crippen LogP contribution in [0.4, 0.5) is 5.69 Å². The average Bonchev–Trinajstić information content (AvgIpc) is 3.20. The molecule has 0 spiro atoms. The van der Waals surface area contributed by atoms with E-state index in [2.05, 4.69) is 93.1 Å². The Morgan fingerprint density at radius 2 is 1.85 bits per heavy atom. The SMILES string of the molecule is Cc1cccc(NC(=O)[C@H]2CCCN(Cc3nc4ccccc4n3-c3ccc(Br)cc3)C2)c1C. The molecule has 1 aliphatic heterocycles. The quantitative estimate of drug-likeness (QED) is 0.340. The van der Waals surface area contributed by atoms with Crippen LogP contribution in [0.1, 0.15) is 29.8 Å². The lowest BCUT2D eigenvalue weighted by Crippen LogP contribution is -2.40. The molecule has 174 valence electrons. The summed E-state index contributed by atoms with van der Waals surface area (Å²) in [6, 6.07) is 22.7. The van der Waals surface area contributed by atoms with Crippen molar-refractivity contribution >= 4 is 38.6 Å². The molecular weight excluding hydrogens is 488 g/mol. The maximum atomic E-state index is 13.1. The van der Waals surface area contributed by atoms with Crippen LogP contribution in [0, 0.1) is 19.8 Å². The summed E-state index contributed by atoms with van der Waals surface area (Å²) < 4.78 is 3.29. The van der Waals surface area contributed by atoms with Crippen LogP contribution >= 0.6 is 15.9 Å². The molecule has 1 atom stereocenters. The molecule has 0 saturated carbocycles. The van der Waals surface area contributed by atoms with Crippen LogP contribution in [0.3, 0.4) is 0 Å². The molecule has 1 fully saturated rings. The highest BCUT2D eigenvalue weighted by molar-refractivity contribution is 9.10. The van der Waals surface area contributed by atoms with Crippen molar-refractivity contribution in [1.29, 1.82) is 0 Å². The van der Waals surface area contributed by atoms with Crippen LogP contribution < -0.4 is 5.32 Å². The Hall–Kier alpha value is -2.96. The van der Waals surface area contributed by atoms with E-state index < -0.39 is 0 Å². The molecular formula is C28H29BrN4O. The molecule has 5 nitrogen and oxygen atoms in total. The Balaban J connectivity index is 1.37. The fourth-order valence-electron chi connectivity index (χ4n) is 4.79. The third kappa shape index (κ3) is 4.65. The Bertz CT molecular complexity index is 1330. The number of fused-ring (bicyclic) bond motifs is 1. The van der Waals surface area contributed by atoms with Crippen LogP contribution in [-0.2, 0) is 11.3 Å². The second-order valence-electron chi connectivity index (χ2n) is 9.14. The van der Waals surface area contributed by atoms with E-state index in [9.17, 15) is 4.79 Å². The smallest absolute Gasteiger partial charge is 0.228 e. The Kier molecular flexibility index (Phi) is 6.53. The van der Waals surface area contributed by atoms with E-state index in [1.54, 1.807) is 0 Å². The lowest BCUT2D eigenvalue weighted by molar-refractivity contribution is -0.121. The zero-order chi connectivity index (χ0) is 23.7. The number of halogens is 1. The highest BCUT2D eigenvalue weighted by atomic mass is 79.9. The molecule has 0 bridgehead atoms. The summed E-state index contributed by atoms with van der Waals surface area (Å²) in [5.41, 5.74) is 6.41. The Morgan fingerprint density at radius 3 is 2.68 bits per heavy atom. The monoisotopic (exact) mass is 516 g/mol. The Morgan fingerprint density at radius 1 is 1.06 bits per heavy atom. The number of nitrogens with one attached hydrogen (secondary N) is 1. The summed E-state index contributed by atoms with van der Waals surface area (Å²) in [6.45, 7) is 6.55. The van der Waals surface area contributed by atoms with Gasteiger partial charge in [0.25, 0.3) is 0 Å². The summed E-state index contributed by atoms with van der Waals surface area (Å²) in [5.74, 6) is 1.08. The van der Waals surface area contributed by atoms with Gasteiger partial charge in [-0.05, 0) is 86.8 Å². The second kappa shape index (κ2) is 9.72. The summed E-state index contributed by atoms with van der Waals surface area (Å²) in [6.07, 6.45) is 1.92. The number of benzene rings is 3. The molecule has 0 unspecified atom stereocenters. The van der Waals surface area contributed by atoms with Gasteiger partial charge in [-0.2, -0.15) is 0 Å². The number of anilines is 1. The van der Waals surface area contributed by atoms with Gasteiger partial charge in [-0.3, -0.25) is 14.3 Å². The van der Waals surface area contributed by atoms with E-state index in [1.807, 2.05) is 18.2 Å². The largest absolute Gasteiger partial charge is 0.326 e. The highest BCUT2D eigenvalue weighted by Gasteiger charge is 2.27. The van der Waals surface area contributed by atoms with Crippen LogP contribution in [0.25, 0.3) is 16.7 Å². The minimum atomic E-state index is -0.0285. The zero-order valence-corrected chi connectivity index (χ0v) is 21.2. The summed E-state index contributed by atoms with van der Waals surface area (Å²) in [4.78, 5) is 20.5. The van der Waals surface area contributed by atoms with Crippen LogP contribution in [0.2, 0.25) is 0 Å². The molecule has 6 heteroatoms. The molecule has 3 aromatic carbocycles. The maximum absolute atomic E-state index is 13.1. The number of rotatable bonds is 5. The van der Waals surface area contributed by atoms with Crippen molar-refractivity contribution < 1.29 is 4.79 Å². The normalized spacial score (nSPS) is 16.6. The van der Waals surface area contributed by atoms with Gasteiger partial charge in [-0.25, -0.2) is 4.98 Å². The van der Waals surface area contributed by atoms with E-state index in [-0.39, 0.29) is 11.8 Å². The van der Waals surface area contributed by atoms with Crippen LogP contribution in [0.15, 0.2) is 71.2 Å². The fourth-order valence-corrected chi connectivity index (χ4v) is 5.06. The minimum Gasteiger partial charge on any atom is -0.326 e. The Labute approximate surface area is 208 Å². The van der Waals surface area contributed by atoms with Crippen molar-refractivity contribution in [3.63, 3.8) is 0 Å². The maximum Gasteiger partial charge on any atom is 0.228 e. The molecule has 2 heterocycles. The molecule has 0 aliphatic carbocycles. The molecule has 1 amide bonds. The molecule has 34 heavy (non-hydrogen) atoms. The van der Waals surface area contributed by atoms with Gasteiger partial charge >= 0.3 is 0 Å². The first-order valence-electron chi connectivity index (χ1n) is 11.8. The van der Waals surface area contributed by atoms with Crippen LogP contribution in [0.5, 0.6) is 0 Å². The standard InChI is InChI=1S/C28H29BrN4O/c1-19-7-5-10-24(20(19)2)31-28(34)21-8-6-16-32(17-21)18-27-30-25-9-3-4-11-26(25)33(27)23-14-12-22(29)13-15-23/h3-5,7,9-15,21H,6,8,16-18H2,1-2H3,(H,31,34)/t21-/m0/s1. The van der Waals surface area contributed by atoms with Crippen molar-refractivity contribution in [1.82, 2.24) is 14.5 Å². The first kappa shape index (κ1) is 22.8. The van der Waals surface area contributed by atoms with E-state index >= 15 is 0 Å². The minimum absolute atomic E-state index is 0.0285. The van der Waals surface area contributed by atoms with Gasteiger partial charge in [0.1, 0.15) is 5.82 Å². The third-order valence-electron chi connectivity index (χ3n) is 6.82. The lowest BCUT2D eigenvalue weighted by Gasteiger charge is -2.32. The van der Waals surface area contributed by atoms with Gasteiger partial charge in [0, 0.05) is 22.4 Å². The van der Waals surface area contributed by atoms with Gasteiger partial charge in [0.05, 0.1) is 23.5 Å². The number of likely N-dealkylation sites (tertiary alicyclic amines) is 1. The lowest BCUT2D eigenvalue weighted by atomic mass is 9.96. The summed E-state index contributed by atoms with van der Waals surface area (Å²) >= 11 is 3.54. The molecule has 1 aromatic heterocycles. The summed E-state index contributed by atoms with van der Waals surface area (Å²) in [5, 5.41) is 3.18. The molecule has 1 saturated heterocycles. The molecule has 1 aliphatic rings. The van der Waals surface area contributed by atoms with E-state index in [4.69, 9.17) is 4.98 Å². The predicted molar refractivity (Wildman–Crippen MR) is 141 cm³/mol. The van der Waals surface area contributed by atoms with Crippen molar-refractivity contribution in [2.75, 3.05) is 18.4 Å². The number of amides is 1. The van der Waals surface area contributed by atoms with Gasteiger partial charge in [0.2, 0.25) is 5.91 Å². The van der Waals surface area contributed by atoms with Gasteiger partial charge in [-0.15, -0.1) is 0 Å². The third-order valence-corrected chi connectivity index (χ3v) is 7.35. The van der Waals surface area contributed by atoms with Gasteiger partial charge < -0.3 is 5.32 Å². The number of para-hydroxylation sites is 2. The van der Waals surface area contributed by atoms with Crippen molar-refractivity contribution in [2.24, 2.45) is 5.92 Å². The molecule has 0 radical (unpaired) electrons. The second-order valence-corrected chi connectivity index (χ2v) is 10.1. The fraction of sp³-hybridized carbons (Fsp3) is 0.286. The highest BCUT2D eigenvalue weighted by Crippen LogP contribution is 2.26. The number of aromatic nitrogens is 2. The average molecular weight is 517 g/mol. The van der Waals surface area contributed by atoms with Crippen molar-refractivity contribution in [2.45, 2.75) is 33.2 Å².